The van der Waals surface area contributed by atoms with Gasteiger partial charge in [-0.15, -0.1) is 0 Å². The standard InChI is InChI=1S/C10H16F3N3O/c1-15(8-10(11,12)13)7-4-9(17)16(2)6-3-5-14/h3-4,6-8H2,1-2H3. The summed E-state index contributed by atoms with van der Waals surface area (Å²) in [5, 5.41) is 8.32. The second-order valence-electron chi connectivity index (χ2n) is 3.83. The molecule has 0 heterocycles. The highest BCUT2D eigenvalue weighted by Crippen LogP contribution is 2.15. The number of nitriles is 1. The molecule has 0 saturated heterocycles. The summed E-state index contributed by atoms with van der Waals surface area (Å²) < 4.78 is 35.9. The minimum absolute atomic E-state index is 0.0223. The average molecular weight is 251 g/mol. The van der Waals surface area contributed by atoms with Crippen molar-refractivity contribution in [3.05, 3.63) is 0 Å². The lowest BCUT2D eigenvalue weighted by Gasteiger charge is -2.20. The highest BCUT2D eigenvalue weighted by atomic mass is 19.4. The number of rotatable bonds is 6. The van der Waals surface area contributed by atoms with Crippen LogP contribution in [-0.2, 0) is 4.79 Å². The highest BCUT2D eigenvalue weighted by molar-refractivity contribution is 5.76. The maximum absolute atomic E-state index is 12.0. The summed E-state index contributed by atoms with van der Waals surface area (Å²) in [5.41, 5.74) is 0. The molecule has 0 saturated carbocycles. The molecule has 0 rings (SSSR count). The van der Waals surface area contributed by atoms with Gasteiger partial charge in [-0.05, 0) is 7.05 Å². The third-order valence-electron chi connectivity index (χ3n) is 2.14. The lowest BCUT2D eigenvalue weighted by molar-refractivity contribution is -0.145. The molecule has 0 aromatic heterocycles. The van der Waals surface area contributed by atoms with E-state index < -0.39 is 12.7 Å². The molecule has 0 N–H and O–H groups in total. The first-order valence-corrected chi connectivity index (χ1v) is 5.12. The van der Waals surface area contributed by atoms with Gasteiger partial charge in [-0.25, -0.2) is 0 Å². The highest BCUT2D eigenvalue weighted by Gasteiger charge is 2.29. The van der Waals surface area contributed by atoms with Crippen LogP contribution in [0.1, 0.15) is 12.8 Å². The van der Waals surface area contributed by atoms with Crippen molar-refractivity contribution in [1.82, 2.24) is 9.80 Å². The Morgan fingerprint density at radius 1 is 1.29 bits per heavy atom. The molecule has 0 aliphatic carbocycles. The predicted octanol–water partition coefficient (Wildman–Crippen LogP) is 1.24. The summed E-state index contributed by atoms with van der Waals surface area (Å²) in [5.74, 6) is -0.255. The molecule has 0 radical (unpaired) electrons. The van der Waals surface area contributed by atoms with Crippen molar-refractivity contribution in [1.29, 1.82) is 5.26 Å². The molecule has 0 unspecified atom stereocenters. The Morgan fingerprint density at radius 2 is 1.88 bits per heavy atom. The molecular weight excluding hydrogens is 235 g/mol. The molecule has 0 spiro atoms. The van der Waals surface area contributed by atoms with Crippen LogP contribution in [0.5, 0.6) is 0 Å². The van der Waals surface area contributed by atoms with Crippen molar-refractivity contribution in [2.45, 2.75) is 19.0 Å². The van der Waals surface area contributed by atoms with Crippen LogP contribution in [0, 0.1) is 11.3 Å². The van der Waals surface area contributed by atoms with Crippen LogP contribution in [0.2, 0.25) is 0 Å². The fraction of sp³-hybridized carbons (Fsp3) is 0.800. The molecular formula is C10H16F3N3O. The first-order valence-electron chi connectivity index (χ1n) is 5.12. The number of carbonyl (C=O) groups is 1. The maximum Gasteiger partial charge on any atom is 0.401 e. The Bertz CT molecular complexity index is 286. The molecule has 17 heavy (non-hydrogen) atoms. The zero-order chi connectivity index (χ0) is 13.5. The van der Waals surface area contributed by atoms with Gasteiger partial charge >= 0.3 is 6.18 Å². The molecule has 0 atom stereocenters. The number of hydrogen-bond donors (Lipinski definition) is 0. The van der Waals surface area contributed by atoms with Crippen LogP contribution in [0.4, 0.5) is 13.2 Å². The minimum Gasteiger partial charge on any atom is -0.345 e. The fourth-order valence-electron chi connectivity index (χ4n) is 1.20. The van der Waals surface area contributed by atoms with Crippen molar-refractivity contribution in [3.8, 4) is 6.07 Å². The largest absolute Gasteiger partial charge is 0.401 e. The molecule has 4 nitrogen and oxygen atoms in total. The number of nitrogens with zero attached hydrogens (tertiary/aromatic N) is 3. The van der Waals surface area contributed by atoms with E-state index in [1.165, 1.54) is 19.0 Å². The van der Waals surface area contributed by atoms with Gasteiger partial charge < -0.3 is 4.90 Å². The topological polar surface area (TPSA) is 47.3 Å². The summed E-state index contributed by atoms with van der Waals surface area (Å²) in [6.45, 7) is -0.671. The third-order valence-corrected chi connectivity index (χ3v) is 2.14. The minimum atomic E-state index is -4.25. The van der Waals surface area contributed by atoms with Gasteiger partial charge in [0.1, 0.15) is 0 Å². The summed E-state index contributed by atoms with van der Waals surface area (Å²) in [6.07, 6.45) is -4.00. The Morgan fingerprint density at radius 3 is 2.35 bits per heavy atom. The zero-order valence-corrected chi connectivity index (χ0v) is 9.92. The van der Waals surface area contributed by atoms with E-state index in [1.807, 2.05) is 6.07 Å². The van der Waals surface area contributed by atoms with Crippen LogP contribution in [-0.4, -0.2) is 55.6 Å². The summed E-state index contributed by atoms with van der Waals surface area (Å²) >= 11 is 0. The van der Waals surface area contributed by atoms with Gasteiger partial charge in [0.25, 0.3) is 0 Å². The predicted molar refractivity (Wildman–Crippen MR) is 56.0 cm³/mol. The SMILES string of the molecule is CN(CCC(=O)N(C)CCC#N)CC(F)(F)F. The van der Waals surface area contributed by atoms with Gasteiger partial charge in [-0.2, -0.15) is 18.4 Å². The summed E-state index contributed by atoms with van der Waals surface area (Å²) in [7, 11) is 2.85. The smallest absolute Gasteiger partial charge is 0.345 e. The Kier molecular flexibility index (Phi) is 6.58. The fourth-order valence-corrected chi connectivity index (χ4v) is 1.20. The van der Waals surface area contributed by atoms with E-state index in [4.69, 9.17) is 5.26 Å². The Hall–Kier alpha value is -1.29. The molecule has 0 aliphatic heterocycles. The van der Waals surface area contributed by atoms with Crippen LogP contribution in [0.15, 0.2) is 0 Å². The third kappa shape index (κ3) is 8.51. The zero-order valence-electron chi connectivity index (χ0n) is 9.92. The summed E-state index contributed by atoms with van der Waals surface area (Å²) in [4.78, 5) is 13.8. The molecule has 0 aromatic rings. The van der Waals surface area contributed by atoms with Crippen LogP contribution in [0.3, 0.4) is 0 Å². The number of carbonyl (C=O) groups excluding carboxylic acids is 1. The molecule has 7 heteroatoms. The van der Waals surface area contributed by atoms with Crippen molar-refractivity contribution >= 4 is 5.91 Å². The van der Waals surface area contributed by atoms with E-state index in [2.05, 4.69) is 0 Å². The average Bonchev–Trinajstić information content (AvgIpc) is 2.20. The number of halogens is 3. The number of hydrogen-bond acceptors (Lipinski definition) is 3. The van der Waals surface area contributed by atoms with Crippen molar-refractivity contribution in [2.24, 2.45) is 0 Å². The van der Waals surface area contributed by atoms with Gasteiger partial charge in [0, 0.05) is 26.6 Å². The molecule has 0 aliphatic rings. The molecule has 98 valence electrons. The van der Waals surface area contributed by atoms with Gasteiger partial charge in [-0.1, -0.05) is 0 Å². The first kappa shape index (κ1) is 15.7. The second kappa shape index (κ2) is 7.12. The molecule has 0 bridgehead atoms. The Balaban J connectivity index is 3.88. The van der Waals surface area contributed by atoms with Gasteiger partial charge in [0.15, 0.2) is 0 Å². The van der Waals surface area contributed by atoms with Crippen LogP contribution in [0.25, 0.3) is 0 Å². The van der Waals surface area contributed by atoms with Gasteiger partial charge in [0.2, 0.25) is 5.91 Å². The Labute approximate surface area is 98.6 Å². The second-order valence-corrected chi connectivity index (χ2v) is 3.83. The monoisotopic (exact) mass is 251 g/mol. The first-order chi connectivity index (χ1) is 7.76. The number of amides is 1. The van der Waals surface area contributed by atoms with Gasteiger partial charge in [0.05, 0.1) is 19.0 Å². The van der Waals surface area contributed by atoms with Crippen molar-refractivity contribution in [3.63, 3.8) is 0 Å². The van der Waals surface area contributed by atoms with E-state index in [0.717, 1.165) is 4.90 Å². The van der Waals surface area contributed by atoms with Gasteiger partial charge in [-0.3, -0.25) is 9.69 Å². The van der Waals surface area contributed by atoms with Crippen molar-refractivity contribution < 1.29 is 18.0 Å². The quantitative estimate of drug-likeness (QED) is 0.713. The summed E-state index contributed by atoms with van der Waals surface area (Å²) in [6, 6.07) is 1.90. The van der Waals surface area contributed by atoms with E-state index in [0.29, 0.717) is 6.54 Å². The normalized spacial score (nSPS) is 11.4. The van der Waals surface area contributed by atoms with Crippen LogP contribution < -0.4 is 0 Å². The lowest BCUT2D eigenvalue weighted by Crippen LogP contribution is -2.35. The van der Waals surface area contributed by atoms with Crippen molar-refractivity contribution in [2.75, 3.05) is 33.7 Å². The number of alkyl halides is 3. The van der Waals surface area contributed by atoms with E-state index in [1.54, 1.807) is 0 Å². The van der Waals surface area contributed by atoms with E-state index >= 15 is 0 Å². The lowest BCUT2D eigenvalue weighted by atomic mass is 10.3. The van der Waals surface area contributed by atoms with Crippen LogP contribution >= 0.6 is 0 Å². The maximum atomic E-state index is 12.0. The molecule has 1 amide bonds. The molecule has 0 aromatic carbocycles. The molecule has 0 fully saturated rings. The van der Waals surface area contributed by atoms with E-state index in [9.17, 15) is 18.0 Å². The van der Waals surface area contributed by atoms with E-state index in [-0.39, 0.29) is 25.3 Å².